The Morgan fingerprint density at radius 1 is 1.38 bits per heavy atom. The van der Waals surface area contributed by atoms with Crippen LogP contribution in [0.1, 0.15) is 46.0 Å². The zero-order chi connectivity index (χ0) is 12.6. The number of Topliss-reactive ketones (excluding diaryl/α,β-unsaturated/α-hetero) is 1. The standard InChI is InChI=1S/C11H20O2.I3/c1-3-4-9-13-10-7-5-6-8-11(2)12;1-3-2/h7,10H,3-6,8-9H2,1-2H3;/q;-1/b10-7-;. The quantitative estimate of drug-likeness (QED) is 0.256. The first-order valence-corrected chi connectivity index (χ1v) is 17.9. The summed E-state index contributed by atoms with van der Waals surface area (Å²) in [5.41, 5.74) is 0. The van der Waals surface area contributed by atoms with Gasteiger partial charge >= 0.3 is 50.5 Å². The molecule has 2 nitrogen and oxygen atoms in total. The number of hydrogen-bond acceptors (Lipinski definition) is 2. The molecule has 0 amide bonds. The molecular weight excluding hydrogens is 545 g/mol. The number of ether oxygens (including phenoxy) is 1. The second-order valence-electron chi connectivity index (χ2n) is 3.24. The number of carbonyl (C=O) groups is 1. The molecule has 0 aliphatic carbocycles. The van der Waals surface area contributed by atoms with Gasteiger partial charge in [0.15, 0.2) is 0 Å². The molecule has 0 atom stereocenters. The molecule has 0 saturated carbocycles. The minimum atomic E-state index is 0.264. The van der Waals surface area contributed by atoms with Crippen molar-refractivity contribution in [2.75, 3.05) is 6.61 Å². The number of ketones is 1. The zero-order valence-electron chi connectivity index (χ0n) is 9.85. The minimum absolute atomic E-state index is 0.264. The van der Waals surface area contributed by atoms with Crippen LogP contribution in [0.5, 0.6) is 0 Å². The predicted molar refractivity (Wildman–Crippen MR) is 82.6 cm³/mol. The maximum absolute atomic E-state index is 10.6. The number of rotatable bonds is 8. The van der Waals surface area contributed by atoms with Crippen molar-refractivity contribution in [2.45, 2.75) is 46.0 Å². The number of carbonyl (C=O) groups excluding carboxylic acids is 1. The molecule has 0 rings (SSSR count). The van der Waals surface area contributed by atoms with E-state index in [-0.39, 0.29) is 5.78 Å². The second kappa shape index (κ2) is 18.8. The van der Waals surface area contributed by atoms with E-state index in [2.05, 4.69) is 44.2 Å². The van der Waals surface area contributed by atoms with Gasteiger partial charge in [-0.2, -0.15) is 0 Å². The number of halogens is 3. The van der Waals surface area contributed by atoms with Crippen LogP contribution in [0.25, 0.3) is 0 Å². The molecule has 16 heavy (non-hydrogen) atoms. The van der Waals surface area contributed by atoms with Crippen LogP contribution in [0.2, 0.25) is 0 Å². The Kier molecular flexibility index (Phi) is 23.1. The Morgan fingerprint density at radius 2 is 2.00 bits per heavy atom. The molecule has 0 fully saturated rings. The van der Waals surface area contributed by atoms with Crippen LogP contribution in [0, 0.1) is 0 Å². The van der Waals surface area contributed by atoms with Gasteiger partial charge in [-0.15, -0.1) is 0 Å². The molecule has 5 heteroatoms. The van der Waals surface area contributed by atoms with Crippen molar-refractivity contribution in [3.05, 3.63) is 12.3 Å². The summed E-state index contributed by atoms with van der Waals surface area (Å²) in [6.07, 6.45) is 8.55. The number of hydrogen-bond donors (Lipinski definition) is 0. The Bertz CT molecular complexity index is 173. The number of allylic oxidation sites excluding steroid dienone is 1. The van der Waals surface area contributed by atoms with E-state index in [4.69, 9.17) is 4.74 Å². The summed E-state index contributed by atoms with van der Waals surface area (Å²) >= 11 is 5.30. The van der Waals surface area contributed by atoms with Crippen molar-refractivity contribution in [1.82, 2.24) is 0 Å². The Hall–Kier alpha value is 1.40. The third kappa shape index (κ3) is 24.6. The summed E-state index contributed by atoms with van der Waals surface area (Å²) in [6, 6.07) is 0. The van der Waals surface area contributed by atoms with E-state index in [9.17, 15) is 4.79 Å². The van der Waals surface area contributed by atoms with E-state index < -0.39 is 0 Å². The van der Waals surface area contributed by atoms with E-state index >= 15 is 0 Å². The Balaban J connectivity index is 0. The van der Waals surface area contributed by atoms with Crippen LogP contribution in [0.15, 0.2) is 12.3 Å². The summed E-state index contributed by atoms with van der Waals surface area (Å²) in [5, 5.41) is 0. The summed E-state index contributed by atoms with van der Waals surface area (Å²) in [4.78, 5) is 10.6. The van der Waals surface area contributed by atoms with Crippen LogP contribution >= 0.6 is 37.2 Å². The normalized spacial score (nSPS) is 10.0. The SMILES string of the molecule is CCCCO/C=C\CCCC(C)=O.I[I-]I. The predicted octanol–water partition coefficient (Wildman–Crippen LogP) is 1.85. The maximum atomic E-state index is 10.6. The summed E-state index contributed by atoms with van der Waals surface area (Å²) in [7, 11) is 0. The summed E-state index contributed by atoms with van der Waals surface area (Å²) in [5.74, 6) is 0.264. The van der Waals surface area contributed by atoms with Crippen molar-refractivity contribution in [3.8, 4) is 0 Å². The molecule has 0 radical (unpaired) electrons. The van der Waals surface area contributed by atoms with Gasteiger partial charge in [0, 0.05) is 6.42 Å². The molecule has 0 spiro atoms. The van der Waals surface area contributed by atoms with Gasteiger partial charge in [-0.25, -0.2) is 0 Å². The third-order valence-corrected chi connectivity index (χ3v) is 1.71. The first-order chi connectivity index (χ1) is 7.68. The Morgan fingerprint density at radius 3 is 2.50 bits per heavy atom. The van der Waals surface area contributed by atoms with E-state index in [0.29, 0.717) is 19.7 Å². The van der Waals surface area contributed by atoms with Gasteiger partial charge in [0.1, 0.15) is 5.78 Å². The Labute approximate surface area is 129 Å². The van der Waals surface area contributed by atoms with Gasteiger partial charge in [0.2, 0.25) is 0 Å². The van der Waals surface area contributed by atoms with Gasteiger partial charge < -0.3 is 9.53 Å². The van der Waals surface area contributed by atoms with Crippen LogP contribution in [0.4, 0.5) is 0 Å². The van der Waals surface area contributed by atoms with Crippen molar-refractivity contribution < 1.29 is 22.8 Å². The van der Waals surface area contributed by atoms with Crippen molar-refractivity contribution >= 4 is 43.0 Å². The van der Waals surface area contributed by atoms with Gasteiger partial charge in [0.05, 0.1) is 12.9 Å². The fourth-order valence-electron chi connectivity index (χ4n) is 0.901. The molecule has 0 aromatic rings. The van der Waals surface area contributed by atoms with Crippen molar-refractivity contribution in [3.63, 3.8) is 0 Å². The van der Waals surface area contributed by atoms with E-state index in [1.807, 2.05) is 6.08 Å². The molecule has 0 saturated heterocycles. The average Bonchev–Trinajstić information content (AvgIpc) is 2.23. The first-order valence-electron chi connectivity index (χ1n) is 5.32. The molecule has 0 aromatic heterocycles. The third-order valence-electron chi connectivity index (χ3n) is 1.71. The monoisotopic (exact) mass is 565 g/mol. The second-order valence-corrected chi connectivity index (χ2v) is 19.5. The van der Waals surface area contributed by atoms with Gasteiger partial charge in [0.25, 0.3) is 0 Å². The summed E-state index contributed by atoms with van der Waals surface area (Å²) in [6.45, 7) is 4.57. The molecule has 98 valence electrons. The summed E-state index contributed by atoms with van der Waals surface area (Å²) < 4.78 is 5.22. The van der Waals surface area contributed by atoms with E-state index in [0.717, 1.165) is 32.3 Å². The fraction of sp³-hybridized carbons (Fsp3) is 0.727. The van der Waals surface area contributed by atoms with Crippen molar-refractivity contribution in [2.24, 2.45) is 0 Å². The average molecular weight is 565 g/mol. The zero-order valence-corrected chi connectivity index (χ0v) is 16.3. The van der Waals surface area contributed by atoms with Gasteiger partial charge in [-0.1, -0.05) is 13.3 Å². The molecule has 0 bridgehead atoms. The molecule has 0 aliphatic heterocycles. The van der Waals surface area contributed by atoms with E-state index in [1.165, 1.54) is 0 Å². The number of unbranched alkanes of at least 4 members (excludes halogenated alkanes) is 2. The topological polar surface area (TPSA) is 26.3 Å². The molecule has 0 heterocycles. The van der Waals surface area contributed by atoms with Crippen LogP contribution in [-0.2, 0) is 9.53 Å². The molecule has 0 aromatic carbocycles. The van der Waals surface area contributed by atoms with Crippen LogP contribution in [-0.4, -0.2) is 12.4 Å². The van der Waals surface area contributed by atoms with E-state index in [1.54, 1.807) is 13.2 Å². The molecule has 0 N–H and O–H groups in total. The van der Waals surface area contributed by atoms with Crippen LogP contribution in [0.3, 0.4) is 0 Å². The van der Waals surface area contributed by atoms with Gasteiger partial charge in [-0.3, -0.25) is 0 Å². The fourth-order valence-corrected chi connectivity index (χ4v) is 0.901. The molecular formula is C11H20I3O2-. The van der Waals surface area contributed by atoms with Crippen molar-refractivity contribution in [1.29, 1.82) is 0 Å². The van der Waals surface area contributed by atoms with Gasteiger partial charge in [-0.05, 0) is 32.3 Å². The molecule has 0 aliphatic rings. The first kappa shape index (κ1) is 19.7. The molecule has 0 unspecified atom stereocenters. The van der Waals surface area contributed by atoms with Crippen LogP contribution < -0.4 is 13.3 Å².